The van der Waals surface area contributed by atoms with Crippen LogP contribution in [-0.4, -0.2) is 19.2 Å². The molecule has 0 amide bonds. The Labute approximate surface area is 149 Å². The number of aryl methyl sites for hydroxylation is 1. The van der Waals surface area contributed by atoms with E-state index in [-0.39, 0.29) is 5.97 Å². The van der Waals surface area contributed by atoms with E-state index >= 15 is 0 Å². The van der Waals surface area contributed by atoms with Crippen LogP contribution >= 0.6 is 7.26 Å². The van der Waals surface area contributed by atoms with E-state index in [1.165, 1.54) is 28.6 Å². The van der Waals surface area contributed by atoms with Gasteiger partial charge in [0, 0.05) is 0 Å². The summed E-state index contributed by atoms with van der Waals surface area (Å²) in [5, 5.41) is 3.67. The predicted octanol–water partition coefficient (Wildman–Crippen LogP) is 3.19. The standard InChI is InChI=1S/C22H23O2P/c1-18-10-9-15-21(16-18)25(17-22(23)24-2,19-11-5-3-6-12-19)20-13-7-4-8-14-20/h3-16,25H,17H2,1-2H3. The van der Waals surface area contributed by atoms with Gasteiger partial charge in [-0.2, -0.15) is 0 Å². The van der Waals surface area contributed by atoms with Crippen LogP contribution in [0.15, 0.2) is 84.9 Å². The molecule has 25 heavy (non-hydrogen) atoms. The van der Waals surface area contributed by atoms with E-state index in [2.05, 4.69) is 55.5 Å². The van der Waals surface area contributed by atoms with Gasteiger partial charge in [-0.25, -0.2) is 0 Å². The van der Waals surface area contributed by atoms with Crippen molar-refractivity contribution in [2.75, 3.05) is 13.3 Å². The summed E-state index contributed by atoms with van der Waals surface area (Å²) >= 11 is 0. The Kier molecular flexibility index (Phi) is 5.31. The van der Waals surface area contributed by atoms with Gasteiger partial charge in [0.15, 0.2) is 0 Å². The summed E-state index contributed by atoms with van der Waals surface area (Å²) in [4.78, 5) is 12.4. The second-order valence-corrected chi connectivity index (χ2v) is 10.2. The second-order valence-electron chi connectivity index (χ2n) is 6.26. The van der Waals surface area contributed by atoms with Gasteiger partial charge in [-0.1, -0.05) is 0 Å². The van der Waals surface area contributed by atoms with Crippen LogP contribution in [0.4, 0.5) is 0 Å². The number of hydrogen-bond donors (Lipinski definition) is 0. The molecule has 0 saturated carbocycles. The van der Waals surface area contributed by atoms with Crippen LogP contribution in [0, 0.1) is 6.92 Å². The monoisotopic (exact) mass is 350 g/mol. The van der Waals surface area contributed by atoms with Crippen molar-refractivity contribution in [2.45, 2.75) is 6.92 Å². The molecule has 0 fully saturated rings. The van der Waals surface area contributed by atoms with E-state index in [1.807, 2.05) is 36.4 Å². The summed E-state index contributed by atoms with van der Waals surface area (Å²) in [7, 11) is -1.05. The van der Waals surface area contributed by atoms with Gasteiger partial charge in [0.2, 0.25) is 0 Å². The molecule has 0 aliphatic heterocycles. The molecule has 0 N–H and O–H groups in total. The second kappa shape index (κ2) is 7.63. The van der Waals surface area contributed by atoms with Gasteiger partial charge in [-0.3, -0.25) is 0 Å². The van der Waals surface area contributed by atoms with Gasteiger partial charge in [-0.15, -0.1) is 0 Å². The Morgan fingerprint density at radius 1 is 0.800 bits per heavy atom. The Bertz CT molecular complexity index is 805. The van der Waals surface area contributed by atoms with E-state index in [0.717, 1.165) is 0 Å². The number of benzene rings is 3. The fourth-order valence-electron chi connectivity index (χ4n) is 3.45. The summed E-state index contributed by atoms with van der Waals surface area (Å²) < 4.78 is 5.10. The van der Waals surface area contributed by atoms with Crippen LogP contribution in [0.25, 0.3) is 0 Å². The van der Waals surface area contributed by atoms with Gasteiger partial charge in [-0.05, 0) is 0 Å². The summed E-state index contributed by atoms with van der Waals surface area (Å²) in [5.41, 5.74) is 1.20. The minimum atomic E-state index is -2.51. The number of carbonyl (C=O) groups excluding carboxylic acids is 1. The first-order valence-electron chi connectivity index (χ1n) is 8.42. The molecule has 3 aromatic carbocycles. The van der Waals surface area contributed by atoms with Gasteiger partial charge < -0.3 is 0 Å². The fraction of sp³-hybridized carbons (Fsp3) is 0.136. The van der Waals surface area contributed by atoms with E-state index < -0.39 is 7.26 Å². The third-order valence-electron chi connectivity index (χ3n) is 4.68. The molecule has 0 heterocycles. The molecule has 0 bridgehead atoms. The number of carbonyl (C=O) groups is 1. The molecule has 0 atom stereocenters. The normalized spacial score (nSPS) is 11.8. The van der Waals surface area contributed by atoms with Crippen LogP contribution in [0.5, 0.6) is 0 Å². The number of ether oxygens (including phenoxy) is 1. The molecule has 0 unspecified atom stereocenters. The van der Waals surface area contributed by atoms with Crippen molar-refractivity contribution < 1.29 is 9.53 Å². The van der Waals surface area contributed by atoms with Gasteiger partial charge in [0.25, 0.3) is 0 Å². The number of methoxy groups -OCH3 is 1. The Morgan fingerprint density at radius 2 is 1.32 bits per heavy atom. The van der Waals surface area contributed by atoms with E-state index in [1.54, 1.807) is 0 Å². The third kappa shape index (κ3) is 3.50. The van der Waals surface area contributed by atoms with Crippen molar-refractivity contribution in [1.82, 2.24) is 0 Å². The summed E-state index contributed by atoms with van der Waals surface area (Å²) in [6.45, 7) is 2.09. The predicted molar refractivity (Wildman–Crippen MR) is 108 cm³/mol. The van der Waals surface area contributed by atoms with Gasteiger partial charge in [0.1, 0.15) is 0 Å². The maximum atomic E-state index is 12.4. The number of esters is 1. The van der Waals surface area contributed by atoms with Crippen molar-refractivity contribution in [2.24, 2.45) is 0 Å². The topological polar surface area (TPSA) is 26.3 Å². The van der Waals surface area contributed by atoms with Crippen molar-refractivity contribution >= 4 is 29.1 Å². The average molecular weight is 350 g/mol. The zero-order chi connectivity index (χ0) is 17.7. The van der Waals surface area contributed by atoms with E-state index in [9.17, 15) is 4.79 Å². The Morgan fingerprint density at radius 3 is 1.80 bits per heavy atom. The SMILES string of the molecule is COC(=O)C[PH](c1ccccc1)(c1ccccc1)c1cccc(C)c1. The molecular weight excluding hydrogens is 327 g/mol. The van der Waals surface area contributed by atoms with Crippen LogP contribution < -0.4 is 15.9 Å². The molecule has 0 radical (unpaired) electrons. The molecule has 128 valence electrons. The van der Waals surface area contributed by atoms with Crippen molar-refractivity contribution in [3.05, 3.63) is 90.5 Å². The Hall–Kier alpha value is -2.44. The zero-order valence-electron chi connectivity index (χ0n) is 14.6. The molecule has 0 saturated heterocycles. The van der Waals surface area contributed by atoms with Crippen LogP contribution in [0.2, 0.25) is 0 Å². The van der Waals surface area contributed by atoms with Crippen LogP contribution in [0.3, 0.4) is 0 Å². The minimum absolute atomic E-state index is 0.166. The van der Waals surface area contributed by atoms with E-state index in [0.29, 0.717) is 6.16 Å². The quantitative estimate of drug-likeness (QED) is 0.522. The molecule has 3 aromatic rings. The van der Waals surface area contributed by atoms with E-state index in [4.69, 9.17) is 4.74 Å². The first-order chi connectivity index (χ1) is 12.2. The molecule has 0 aliphatic rings. The zero-order valence-corrected chi connectivity index (χ0v) is 15.6. The van der Waals surface area contributed by atoms with Crippen LogP contribution in [0.1, 0.15) is 5.56 Å². The van der Waals surface area contributed by atoms with Crippen molar-refractivity contribution in [1.29, 1.82) is 0 Å². The van der Waals surface area contributed by atoms with Gasteiger partial charge >= 0.3 is 149 Å². The summed E-state index contributed by atoms with van der Waals surface area (Å²) in [5.74, 6) is -0.166. The van der Waals surface area contributed by atoms with Crippen molar-refractivity contribution in [3.8, 4) is 0 Å². The molecule has 3 heteroatoms. The third-order valence-corrected chi connectivity index (χ3v) is 9.43. The molecule has 2 nitrogen and oxygen atoms in total. The summed E-state index contributed by atoms with van der Waals surface area (Å²) in [6, 6.07) is 29.3. The van der Waals surface area contributed by atoms with Gasteiger partial charge in [0.05, 0.1) is 0 Å². The average Bonchev–Trinajstić information content (AvgIpc) is 2.67. The maximum absolute atomic E-state index is 12.4. The van der Waals surface area contributed by atoms with Crippen LogP contribution in [-0.2, 0) is 9.53 Å². The molecule has 0 spiro atoms. The Balaban J connectivity index is 2.33. The molecule has 3 rings (SSSR count). The first-order valence-corrected chi connectivity index (χ1v) is 10.6. The molecule has 0 aromatic heterocycles. The summed E-state index contributed by atoms with van der Waals surface area (Å²) in [6.07, 6.45) is 0.390. The molecule has 0 aliphatic carbocycles. The first kappa shape index (κ1) is 17.4. The number of rotatable bonds is 5. The fourth-order valence-corrected chi connectivity index (χ4v) is 8.02. The molecular formula is C22H23O2P. The number of hydrogen-bond acceptors (Lipinski definition) is 2. The van der Waals surface area contributed by atoms with Crippen molar-refractivity contribution in [3.63, 3.8) is 0 Å².